The number of aromatic nitrogens is 1. The van der Waals surface area contributed by atoms with E-state index in [2.05, 4.69) is 4.98 Å². The molecule has 17 heavy (non-hydrogen) atoms. The fourth-order valence-corrected chi connectivity index (χ4v) is 1.75. The number of benzene rings is 1. The highest BCUT2D eigenvalue weighted by Crippen LogP contribution is 2.26. The zero-order valence-corrected chi connectivity index (χ0v) is 10.0. The van der Waals surface area contributed by atoms with Crippen molar-refractivity contribution in [3.8, 4) is 11.1 Å². The van der Waals surface area contributed by atoms with Crippen molar-refractivity contribution in [2.24, 2.45) is 0 Å². The third kappa shape index (κ3) is 2.57. The van der Waals surface area contributed by atoms with Crippen LogP contribution in [0.2, 0.25) is 10.2 Å². The molecule has 3 nitrogen and oxygen atoms in total. The van der Waals surface area contributed by atoms with Gasteiger partial charge in [0.05, 0.1) is 5.56 Å². The van der Waals surface area contributed by atoms with Gasteiger partial charge in [-0.05, 0) is 23.8 Å². The van der Waals surface area contributed by atoms with Gasteiger partial charge in [-0.25, -0.2) is 9.78 Å². The van der Waals surface area contributed by atoms with Gasteiger partial charge in [0, 0.05) is 16.8 Å². The monoisotopic (exact) mass is 267 g/mol. The lowest BCUT2D eigenvalue weighted by molar-refractivity contribution is 0.0697. The Labute approximate surface area is 108 Å². The normalized spacial score (nSPS) is 10.2. The van der Waals surface area contributed by atoms with Crippen molar-refractivity contribution in [3.05, 3.63) is 52.3 Å². The first-order chi connectivity index (χ1) is 8.08. The van der Waals surface area contributed by atoms with E-state index in [1.807, 2.05) is 0 Å². The Hall–Kier alpha value is -1.58. The zero-order chi connectivity index (χ0) is 12.4. The SMILES string of the molecule is O=C(O)c1cnc(Cl)cc1-c1ccc(Cl)cc1. The van der Waals surface area contributed by atoms with E-state index >= 15 is 0 Å². The second-order valence-electron chi connectivity index (χ2n) is 3.36. The smallest absolute Gasteiger partial charge is 0.337 e. The van der Waals surface area contributed by atoms with Crippen LogP contribution in [0.1, 0.15) is 10.4 Å². The number of hydrogen-bond acceptors (Lipinski definition) is 2. The third-order valence-electron chi connectivity index (χ3n) is 2.26. The Morgan fingerprint density at radius 2 is 1.82 bits per heavy atom. The van der Waals surface area contributed by atoms with Crippen molar-refractivity contribution in [2.45, 2.75) is 0 Å². The van der Waals surface area contributed by atoms with Crippen molar-refractivity contribution in [1.29, 1.82) is 0 Å². The van der Waals surface area contributed by atoms with Gasteiger partial charge >= 0.3 is 5.97 Å². The maximum Gasteiger partial charge on any atom is 0.337 e. The second-order valence-corrected chi connectivity index (χ2v) is 4.19. The van der Waals surface area contributed by atoms with Gasteiger partial charge in [-0.3, -0.25) is 0 Å². The number of carboxylic acid groups (broad SMARTS) is 1. The minimum Gasteiger partial charge on any atom is -0.478 e. The third-order valence-corrected chi connectivity index (χ3v) is 2.71. The van der Waals surface area contributed by atoms with Gasteiger partial charge in [0.1, 0.15) is 5.15 Å². The fraction of sp³-hybridized carbons (Fsp3) is 0. The average Bonchev–Trinajstić information content (AvgIpc) is 2.29. The van der Waals surface area contributed by atoms with Crippen molar-refractivity contribution < 1.29 is 9.90 Å². The topological polar surface area (TPSA) is 50.2 Å². The molecule has 0 spiro atoms. The molecule has 86 valence electrons. The summed E-state index contributed by atoms with van der Waals surface area (Å²) in [5.41, 5.74) is 1.36. The first-order valence-electron chi connectivity index (χ1n) is 4.72. The van der Waals surface area contributed by atoms with Crippen LogP contribution >= 0.6 is 23.2 Å². The van der Waals surface area contributed by atoms with Gasteiger partial charge in [-0.2, -0.15) is 0 Å². The van der Waals surface area contributed by atoms with E-state index in [4.69, 9.17) is 28.3 Å². The van der Waals surface area contributed by atoms with Crippen molar-refractivity contribution in [3.63, 3.8) is 0 Å². The number of nitrogens with zero attached hydrogens (tertiary/aromatic N) is 1. The lowest BCUT2D eigenvalue weighted by Gasteiger charge is -2.06. The predicted octanol–water partition coefficient (Wildman–Crippen LogP) is 3.75. The van der Waals surface area contributed by atoms with Gasteiger partial charge in [0.25, 0.3) is 0 Å². The molecule has 2 rings (SSSR count). The molecular weight excluding hydrogens is 261 g/mol. The highest BCUT2D eigenvalue weighted by molar-refractivity contribution is 6.30. The number of carbonyl (C=O) groups is 1. The molecule has 1 N–H and O–H groups in total. The first-order valence-corrected chi connectivity index (χ1v) is 5.48. The summed E-state index contributed by atoms with van der Waals surface area (Å²) in [5.74, 6) is -1.04. The van der Waals surface area contributed by atoms with E-state index in [1.165, 1.54) is 12.3 Å². The molecule has 0 unspecified atom stereocenters. The van der Waals surface area contributed by atoms with Gasteiger partial charge in [-0.1, -0.05) is 35.3 Å². The number of halogens is 2. The molecule has 0 aliphatic rings. The number of hydrogen-bond donors (Lipinski definition) is 1. The maximum absolute atomic E-state index is 11.1. The molecule has 0 radical (unpaired) electrons. The van der Waals surface area contributed by atoms with E-state index in [0.717, 1.165) is 5.56 Å². The van der Waals surface area contributed by atoms with E-state index < -0.39 is 5.97 Å². The molecule has 0 saturated carbocycles. The molecule has 0 fully saturated rings. The quantitative estimate of drug-likeness (QED) is 0.844. The maximum atomic E-state index is 11.1. The Kier molecular flexibility index (Phi) is 3.31. The summed E-state index contributed by atoms with van der Waals surface area (Å²) in [7, 11) is 0. The molecule has 0 bridgehead atoms. The second kappa shape index (κ2) is 4.73. The average molecular weight is 268 g/mol. The molecule has 0 atom stereocenters. The number of pyridine rings is 1. The Morgan fingerprint density at radius 3 is 2.41 bits per heavy atom. The molecule has 0 aliphatic carbocycles. The minimum atomic E-state index is -1.04. The van der Waals surface area contributed by atoms with Crippen LogP contribution in [0.3, 0.4) is 0 Å². The zero-order valence-electron chi connectivity index (χ0n) is 8.52. The highest BCUT2D eigenvalue weighted by Gasteiger charge is 2.12. The van der Waals surface area contributed by atoms with Gasteiger partial charge in [-0.15, -0.1) is 0 Å². The van der Waals surface area contributed by atoms with Crippen LogP contribution < -0.4 is 0 Å². The van der Waals surface area contributed by atoms with Crippen LogP contribution in [0, 0.1) is 0 Å². The molecule has 5 heteroatoms. The molecule has 2 aromatic rings. The summed E-state index contributed by atoms with van der Waals surface area (Å²) in [6.07, 6.45) is 1.24. The summed E-state index contributed by atoms with van der Waals surface area (Å²) < 4.78 is 0. The summed E-state index contributed by atoms with van der Waals surface area (Å²) in [5, 5.41) is 9.90. The van der Waals surface area contributed by atoms with Gasteiger partial charge in [0.15, 0.2) is 0 Å². The molecule has 0 amide bonds. The Morgan fingerprint density at radius 1 is 1.18 bits per heavy atom. The van der Waals surface area contributed by atoms with Crippen molar-refractivity contribution in [1.82, 2.24) is 4.98 Å². The van der Waals surface area contributed by atoms with E-state index in [9.17, 15) is 4.79 Å². The van der Waals surface area contributed by atoms with Gasteiger partial charge in [0.2, 0.25) is 0 Å². The Balaban J connectivity index is 2.60. The summed E-state index contributed by atoms with van der Waals surface area (Å²) in [6.45, 7) is 0. The number of aromatic carboxylic acids is 1. The van der Waals surface area contributed by atoms with Crippen molar-refractivity contribution in [2.75, 3.05) is 0 Å². The number of rotatable bonds is 2. The van der Waals surface area contributed by atoms with Crippen LogP contribution in [0.4, 0.5) is 0 Å². The van der Waals surface area contributed by atoms with E-state index in [-0.39, 0.29) is 10.7 Å². The lowest BCUT2D eigenvalue weighted by Crippen LogP contribution is -2.00. The van der Waals surface area contributed by atoms with Crippen LogP contribution in [0.25, 0.3) is 11.1 Å². The molecule has 0 aliphatic heterocycles. The number of carboxylic acids is 1. The summed E-state index contributed by atoms with van der Waals surface area (Å²) in [6, 6.07) is 8.38. The first kappa shape index (κ1) is 11.9. The van der Waals surface area contributed by atoms with E-state index in [0.29, 0.717) is 10.6 Å². The van der Waals surface area contributed by atoms with Crippen LogP contribution in [-0.2, 0) is 0 Å². The van der Waals surface area contributed by atoms with Crippen LogP contribution in [0.15, 0.2) is 36.5 Å². The molecule has 0 saturated heterocycles. The fourth-order valence-electron chi connectivity index (χ4n) is 1.47. The van der Waals surface area contributed by atoms with Crippen LogP contribution in [-0.4, -0.2) is 16.1 Å². The summed E-state index contributed by atoms with van der Waals surface area (Å²) >= 11 is 11.6. The van der Waals surface area contributed by atoms with Gasteiger partial charge < -0.3 is 5.11 Å². The predicted molar refractivity (Wildman–Crippen MR) is 66.7 cm³/mol. The standard InChI is InChI=1S/C12H7Cl2NO2/c13-8-3-1-7(2-4-8)9-5-11(14)15-6-10(9)12(16)17/h1-6H,(H,16,17). The highest BCUT2D eigenvalue weighted by atomic mass is 35.5. The lowest BCUT2D eigenvalue weighted by atomic mass is 10.0. The van der Waals surface area contributed by atoms with Crippen molar-refractivity contribution >= 4 is 29.2 Å². The molecule has 1 aromatic heterocycles. The molecular formula is C12H7Cl2NO2. The minimum absolute atomic E-state index is 0.108. The molecule has 1 aromatic carbocycles. The largest absolute Gasteiger partial charge is 0.478 e. The molecule has 1 heterocycles. The summed E-state index contributed by atoms with van der Waals surface area (Å²) in [4.78, 5) is 14.8. The Bertz CT molecular complexity index is 567. The van der Waals surface area contributed by atoms with E-state index in [1.54, 1.807) is 24.3 Å². The van der Waals surface area contributed by atoms with Crippen LogP contribution in [0.5, 0.6) is 0 Å².